The predicted octanol–water partition coefficient (Wildman–Crippen LogP) is 2.56. The van der Waals surface area contributed by atoms with Crippen LogP contribution in [0.2, 0.25) is 0 Å². The summed E-state index contributed by atoms with van der Waals surface area (Å²) in [7, 11) is 1.24. The van der Waals surface area contributed by atoms with Gasteiger partial charge in [-0.15, -0.1) is 0 Å². The molecule has 0 bridgehead atoms. The van der Waals surface area contributed by atoms with Gasteiger partial charge in [0.2, 0.25) is 0 Å². The highest BCUT2D eigenvalue weighted by Gasteiger charge is 2.25. The third-order valence-corrected chi connectivity index (χ3v) is 3.15. The van der Waals surface area contributed by atoms with E-state index in [1.165, 1.54) is 13.2 Å². The number of ketones is 1. The van der Waals surface area contributed by atoms with Gasteiger partial charge in [0.25, 0.3) is 0 Å². The average Bonchev–Trinajstić information content (AvgIpc) is 2.77. The van der Waals surface area contributed by atoms with E-state index in [0.717, 1.165) is 5.56 Å². The fourth-order valence-electron chi connectivity index (χ4n) is 2.23. The first-order valence-corrected chi connectivity index (χ1v) is 6.68. The van der Waals surface area contributed by atoms with Crippen LogP contribution in [0.4, 0.5) is 10.5 Å². The number of nitrogens with one attached hydrogen (secondary N) is 1. The maximum Gasteiger partial charge on any atom is 0.411 e. The van der Waals surface area contributed by atoms with Crippen LogP contribution in [0.15, 0.2) is 12.1 Å². The minimum atomic E-state index is -0.653. The van der Waals surface area contributed by atoms with Crippen molar-refractivity contribution in [3.63, 3.8) is 0 Å². The van der Waals surface area contributed by atoms with Crippen molar-refractivity contribution in [3.8, 4) is 0 Å². The second-order valence-corrected chi connectivity index (χ2v) is 5.05. The van der Waals surface area contributed by atoms with Crippen molar-refractivity contribution >= 4 is 23.5 Å². The molecule has 0 saturated carbocycles. The Bertz CT molecular complexity index is 606. The van der Waals surface area contributed by atoms with Crippen LogP contribution in [-0.4, -0.2) is 31.1 Å². The summed E-state index contributed by atoms with van der Waals surface area (Å²) in [6.45, 7) is 3.45. The van der Waals surface area contributed by atoms with Crippen LogP contribution < -0.4 is 5.32 Å². The predicted molar refractivity (Wildman–Crippen MR) is 75.7 cm³/mol. The highest BCUT2D eigenvalue weighted by Crippen LogP contribution is 2.29. The van der Waals surface area contributed by atoms with E-state index in [1.807, 2.05) is 0 Å². The molecule has 0 radical (unpaired) electrons. The summed E-state index contributed by atoms with van der Waals surface area (Å²) in [4.78, 5) is 35.3. The fraction of sp³-hybridized carbons (Fsp3) is 0.400. The van der Waals surface area contributed by atoms with Gasteiger partial charge in [0.15, 0.2) is 5.78 Å². The Morgan fingerprint density at radius 2 is 1.95 bits per heavy atom. The number of aryl methyl sites for hydroxylation is 1. The number of methoxy groups -OCH3 is 1. The molecule has 0 spiro atoms. The Kier molecular flexibility index (Phi) is 4.26. The Morgan fingerprint density at radius 1 is 1.24 bits per heavy atom. The van der Waals surface area contributed by atoms with Gasteiger partial charge in [0.1, 0.15) is 0 Å². The van der Waals surface area contributed by atoms with Gasteiger partial charge in [-0.1, -0.05) is 0 Å². The monoisotopic (exact) mass is 291 g/mol. The van der Waals surface area contributed by atoms with Crippen LogP contribution in [0.25, 0.3) is 0 Å². The van der Waals surface area contributed by atoms with E-state index >= 15 is 0 Å². The van der Waals surface area contributed by atoms with E-state index in [4.69, 9.17) is 9.47 Å². The molecule has 0 unspecified atom stereocenters. The summed E-state index contributed by atoms with van der Waals surface area (Å²) in [5.74, 6) is -0.621. The number of esters is 1. The molecular formula is C15H17NO5. The maximum atomic E-state index is 11.8. The van der Waals surface area contributed by atoms with E-state index < -0.39 is 12.1 Å². The SMILES string of the molecule is COC(=O)c1cc2c(cc1NC(=O)OC(C)C)CCC2=O. The molecule has 0 fully saturated rings. The number of benzene rings is 1. The lowest BCUT2D eigenvalue weighted by Gasteiger charge is -2.13. The first-order chi connectivity index (χ1) is 9.92. The topological polar surface area (TPSA) is 81.7 Å². The second kappa shape index (κ2) is 5.95. The van der Waals surface area contributed by atoms with Gasteiger partial charge in [-0.3, -0.25) is 10.1 Å². The van der Waals surface area contributed by atoms with Gasteiger partial charge < -0.3 is 9.47 Å². The Hall–Kier alpha value is -2.37. The fourth-order valence-corrected chi connectivity index (χ4v) is 2.23. The lowest BCUT2D eigenvalue weighted by Crippen LogP contribution is -2.20. The van der Waals surface area contributed by atoms with Gasteiger partial charge in [-0.2, -0.15) is 0 Å². The number of hydrogen-bond donors (Lipinski definition) is 1. The standard InChI is InChI=1S/C15H17NO5/c1-8(2)21-15(19)16-12-6-9-4-5-13(17)10(9)7-11(12)14(18)20-3/h6-8H,4-5H2,1-3H3,(H,16,19). The van der Waals surface area contributed by atoms with Crippen molar-refractivity contribution < 1.29 is 23.9 Å². The van der Waals surface area contributed by atoms with Crippen LogP contribution in [0.5, 0.6) is 0 Å². The van der Waals surface area contributed by atoms with Gasteiger partial charge >= 0.3 is 12.1 Å². The lowest BCUT2D eigenvalue weighted by molar-refractivity contribution is 0.0602. The van der Waals surface area contributed by atoms with Crippen molar-refractivity contribution in [2.75, 3.05) is 12.4 Å². The minimum absolute atomic E-state index is 0.00791. The zero-order valence-electron chi connectivity index (χ0n) is 12.2. The van der Waals surface area contributed by atoms with Crippen molar-refractivity contribution in [2.24, 2.45) is 0 Å². The van der Waals surface area contributed by atoms with E-state index in [1.54, 1.807) is 19.9 Å². The molecule has 0 aliphatic heterocycles. The molecule has 1 aliphatic rings. The molecule has 2 rings (SSSR count). The molecule has 1 aromatic carbocycles. The molecule has 1 N–H and O–H groups in total. The molecule has 1 aromatic rings. The van der Waals surface area contributed by atoms with Crippen molar-refractivity contribution in [1.82, 2.24) is 0 Å². The number of rotatable bonds is 3. The number of Topliss-reactive ketones (excluding diaryl/α,β-unsaturated/α-hetero) is 1. The third-order valence-electron chi connectivity index (χ3n) is 3.15. The van der Waals surface area contributed by atoms with E-state index in [0.29, 0.717) is 24.1 Å². The van der Waals surface area contributed by atoms with E-state index in [-0.39, 0.29) is 17.5 Å². The molecule has 0 heterocycles. The highest BCUT2D eigenvalue weighted by atomic mass is 16.6. The van der Waals surface area contributed by atoms with Gasteiger partial charge in [-0.25, -0.2) is 9.59 Å². The summed E-state index contributed by atoms with van der Waals surface area (Å²) in [6, 6.07) is 3.11. The van der Waals surface area contributed by atoms with Gasteiger partial charge in [0, 0.05) is 12.0 Å². The average molecular weight is 291 g/mol. The Labute approximate surface area is 122 Å². The molecule has 1 amide bonds. The summed E-state index contributed by atoms with van der Waals surface area (Å²) in [6.07, 6.45) is 0.0846. The van der Waals surface area contributed by atoms with Gasteiger partial charge in [-0.05, 0) is 38.0 Å². The summed E-state index contributed by atoms with van der Waals surface area (Å²) < 4.78 is 9.69. The van der Waals surface area contributed by atoms with Gasteiger partial charge in [0.05, 0.1) is 24.5 Å². The molecule has 0 atom stereocenters. The number of carbonyl (C=O) groups is 3. The number of amides is 1. The minimum Gasteiger partial charge on any atom is -0.465 e. The molecule has 21 heavy (non-hydrogen) atoms. The molecule has 112 valence electrons. The van der Waals surface area contributed by atoms with Crippen LogP contribution >= 0.6 is 0 Å². The Balaban J connectivity index is 2.37. The molecule has 0 saturated heterocycles. The smallest absolute Gasteiger partial charge is 0.411 e. The zero-order valence-corrected chi connectivity index (χ0v) is 12.2. The second-order valence-electron chi connectivity index (χ2n) is 5.05. The Morgan fingerprint density at radius 3 is 2.57 bits per heavy atom. The molecule has 0 aromatic heterocycles. The van der Waals surface area contributed by atoms with Crippen molar-refractivity contribution in [2.45, 2.75) is 32.8 Å². The van der Waals surface area contributed by atoms with E-state index in [9.17, 15) is 14.4 Å². The molecule has 6 heteroatoms. The number of fused-ring (bicyclic) bond motifs is 1. The number of hydrogen-bond acceptors (Lipinski definition) is 5. The van der Waals surface area contributed by atoms with Crippen molar-refractivity contribution in [3.05, 3.63) is 28.8 Å². The zero-order chi connectivity index (χ0) is 15.6. The third kappa shape index (κ3) is 3.21. The van der Waals surface area contributed by atoms with Crippen molar-refractivity contribution in [1.29, 1.82) is 0 Å². The molecule has 6 nitrogen and oxygen atoms in total. The molecular weight excluding hydrogens is 274 g/mol. The first-order valence-electron chi connectivity index (χ1n) is 6.68. The number of ether oxygens (including phenoxy) is 2. The summed E-state index contributed by atoms with van der Waals surface area (Å²) >= 11 is 0. The maximum absolute atomic E-state index is 11.8. The van der Waals surface area contributed by atoms with Crippen LogP contribution in [0, 0.1) is 0 Å². The van der Waals surface area contributed by atoms with E-state index in [2.05, 4.69) is 5.32 Å². The normalized spacial score (nSPS) is 13.0. The number of carbonyl (C=O) groups excluding carboxylic acids is 3. The number of anilines is 1. The van der Waals surface area contributed by atoms with Crippen LogP contribution in [0.1, 0.15) is 46.5 Å². The summed E-state index contributed by atoms with van der Waals surface area (Å²) in [5, 5.41) is 2.53. The first kappa shape index (κ1) is 15.0. The quantitative estimate of drug-likeness (QED) is 0.865. The molecule has 1 aliphatic carbocycles. The summed E-state index contributed by atoms with van der Waals surface area (Å²) in [5.41, 5.74) is 1.76. The van der Waals surface area contributed by atoms with Crippen LogP contribution in [-0.2, 0) is 15.9 Å². The largest absolute Gasteiger partial charge is 0.465 e. The lowest BCUT2D eigenvalue weighted by atomic mass is 10.0. The highest BCUT2D eigenvalue weighted by molar-refractivity contribution is 6.06. The van der Waals surface area contributed by atoms with Crippen LogP contribution in [0.3, 0.4) is 0 Å².